The van der Waals surface area contributed by atoms with E-state index in [4.69, 9.17) is 14.2 Å². The molecule has 1 N–H and O–H groups in total. The van der Waals surface area contributed by atoms with E-state index in [9.17, 15) is 4.79 Å². The molecule has 5 rings (SSSR count). The van der Waals surface area contributed by atoms with Crippen LogP contribution in [0.15, 0.2) is 113 Å². The summed E-state index contributed by atoms with van der Waals surface area (Å²) >= 11 is 1.27. The first kappa shape index (κ1) is 29.4. The second-order valence-corrected chi connectivity index (χ2v) is 10.1. The number of thioether (sulfide) groups is 1. The summed E-state index contributed by atoms with van der Waals surface area (Å²) in [6, 6.07) is 32.8. The number of hydrogen-bond acceptors (Lipinski definition) is 8. The molecule has 0 aliphatic rings. The van der Waals surface area contributed by atoms with Gasteiger partial charge < -0.3 is 14.2 Å². The Hall–Kier alpha value is -5.09. The van der Waals surface area contributed by atoms with E-state index in [1.807, 2.05) is 109 Å². The molecular formula is C33H31N5O4S. The minimum absolute atomic E-state index is 0.0926. The normalized spacial score (nSPS) is 10.9. The number of hydrazone groups is 1. The fourth-order valence-electron chi connectivity index (χ4n) is 4.19. The van der Waals surface area contributed by atoms with Crippen molar-refractivity contribution < 1.29 is 19.0 Å². The van der Waals surface area contributed by atoms with Gasteiger partial charge in [0.05, 0.1) is 25.7 Å². The molecule has 43 heavy (non-hydrogen) atoms. The van der Waals surface area contributed by atoms with Gasteiger partial charge >= 0.3 is 0 Å². The van der Waals surface area contributed by atoms with Crippen molar-refractivity contribution in [2.24, 2.45) is 5.10 Å². The molecule has 0 bridgehead atoms. The number of aromatic nitrogens is 3. The number of carbonyl (C=O) groups is 1. The number of rotatable bonds is 13. The Kier molecular flexibility index (Phi) is 10.0. The number of ether oxygens (including phenoxy) is 3. The average Bonchev–Trinajstić information content (AvgIpc) is 3.48. The molecule has 0 fully saturated rings. The number of nitrogens with one attached hydrogen (secondary N) is 1. The highest BCUT2D eigenvalue weighted by molar-refractivity contribution is 7.99. The lowest BCUT2D eigenvalue weighted by molar-refractivity contribution is -0.118. The molecule has 0 saturated heterocycles. The van der Waals surface area contributed by atoms with E-state index in [0.29, 0.717) is 35.7 Å². The van der Waals surface area contributed by atoms with Crippen molar-refractivity contribution in [2.45, 2.75) is 18.7 Å². The summed E-state index contributed by atoms with van der Waals surface area (Å²) in [4.78, 5) is 12.7. The van der Waals surface area contributed by atoms with Crippen molar-refractivity contribution in [1.29, 1.82) is 0 Å². The number of nitrogens with zero attached hydrogens (tertiary/aromatic N) is 4. The van der Waals surface area contributed by atoms with Crippen LogP contribution in [0.2, 0.25) is 0 Å². The summed E-state index contributed by atoms with van der Waals surface area (Å²) in [6.07, 6.45) is 1.56. The molecule has 1 aromatic heterocycles. The first-order chi connectivity index (χ1) is 21.1. The molecule has 0 aliphatic heterocycles. The third-order valence-electron chi connectivity index (χ3n) is 6.23. The Bertz CT molecular complexity index is 1660. The second-order valence-electron chi connectivity index (χ2n) is 9.20. The SMILES string of the molecule is CCOc1ccc(-n2c(SCC(=O)NN=Cc3ccc(OC)c(OCc4ccccc4)c3)nnc2-c2ccccc2)cc1. The molecule has 0 atom stereocenters. The quantitative estimate of drug-likeness (QED) is 0.0991. The van der Waals surface area contributed by atoms with E-state index in [1.54, 1.807) is 19.4 Å². The first-order valence-electron chi connectivity index (χ1n) is 13.7. The van der Waals surface area contributed by atoms with Crippen molar-refractivity contribution in [3.8, 4) is 34.3 Å². The van der Waals surface area contributed by atoms with Crippen molar-refractivity contribution in [3.63, 3.8) is 0 Å². The number of methoxy groups -OCH3 is 1. The van der Waals surface area contributed by atoms with Crippen LogP contribution in [-0.2, 0) is 11.4 Å². The van der Waals surface area contributed by atoms with Crippen LogP contribution in [0, 0.1) is 0 Å². The van der Waals surface area contributed by atoms with Crippen LogP contribution in [0.1, 0.15) is 18.1 Å². The Morgan fingerprint density at radius 3 is 2.37 bits per heavy atom. The van der Waals surface area contributed by atoms with Crippen LogP contribution in [0.5, 0.6) is 17.2 Å². The van der Waals surface area contributed by atoms with Gasteiger partial charge in [-0.1, -0.05) is 72.4 Å². The van der Waals surface area contributed by atoms with Crippen LogP contribution in [-0.4, -0.2) is 46.4 Å². The zero-order valence-electron chi connectivity index (χ0n) is 23.8. The molecule has 5 aromatic rings. The Morgan fingerprint density at radius 2 is 1.65 bits per heavy atom. The van der Waals surface area contributed by atoms with Gasteiger partial charge in [-0.3, -0.25) is 9.36 Å². The van der Waals surface area contributed by atoms with Gasteiger partial charge in [-0.05, 0) is 60.5 Å². The van der Waals surface area contributed by atoms with Crippen LogP contribution in [0.4, 0.5) is 0 Å². The first-order valence-corrected chi connectivity index (χ1v) is 14.7. The van der Waals surface area contributed by atoms with Gasteiger partial charge in [-0.25, -0.2) is 5.43 Å². The third kappa shape index (κ3) is 7.81. The topological polar surface area (TPSA) is 99.9 Å². The summed E-state index contributed by atoms with van der Waals surface area (Å²) in [5.41, 5.74) is 6.16. The highest BCUT2D eigenvalue weighted by Gasteiger charge is 2.17. The number of carbonyl (C=O) groups excluding carboxylic acids is 1. The molecule has 1 heterocycles. The van der Waals surface area contributed by atoms with Crippen molar-refractivity contribution in [1.82, 2.24) is 20.2 Å². The molecule has 10 heteroatoms. The number of amides is 1. The second kappa shape index (κ2) is 14.7. The standard InChI is InChI=1S/C33H31N5O4S/c1-3-41-28-17-15-27(16-18-28)38-32(26-12-8-5-9-13-26)36-37-33(38)43-23-31(39)35-34-21-25-14-19-29(40-2)30(20-25)42-22-24-10-6-4-7-11-24/h4-21H,3,22-23H2,1-2H3,(H,35,39). The molecular weight excluding hydrogens is 562 g/mol. The van der Waals surface area contributed by atoms with Crippen molar-refractivity contribution in [2.75, 3.05) is 19.5 Å². The summed E-state index contributed by atoms with van der Waals surface area (Å²) < 4.78 is 18.9. The molecule has 0 radical (unpaired) electrons. The lowest BCUT2D eigenvalue weighted by Gasteiger charge is -2.11. The zero-order valence-corrected chi connectivity index (χ0v) is 24.7. The zero-order chi connectivity index (χ0) is 29.9. The van der Waals surface area contributed by atoms with Gasteiger partial charge in [0, 0.05) is 11.3 Å². The fourth-order valence-corrected chi connectivity index (χ4v) is 4.94. The van der Waals surface area contributed by atoms with E-state index in [2.05, 4.69) is 20.7 Å². The summed E-state index contributed by atoms with van der Waals surface area (Å²) in [5.74, 6) is 2.46. The van der Waals surface area contributed by atoms with E-state index in [-0.39, 0.29) is 11.7 Å². The molecule has 1 amide bonds. The predicted octanol–water partition coefficient (Wildman–Crippen LogP) is 6.16. The monoisotopic (exact) mass is 593 g/mol. The molecule has 0 aliphatic carbocycles. The van der Waals surface area contributed by atoms with E-state index in [1.165, 1.54) is 11.8 Å². The lowest BCUT2D eigenvalue weighted by Crippen LogP contribution is -2.20. The third-order valence-corrected chi connectivity index (χ3v) is 7.16. The smallest absolute Gasteiger partial charge is 0.250 e. The van der Waals surface area contributed by atoms with Crippen molar-refractivity contribution >= 4 is 23.9 Å². The molecule has 0 unspecified atom stereocenters. The maximum Gasteiger partial charge on any atom is 0.250 e. The number of benzene rings is 4. The van der Waals surface area contributed by atoms with Gasteiger partial charge in [0.2, 0.25) is 0 Å². The molecule has 4 aromatic carbocycles. The van der Waals surface area contributed by atoms with Gasteiger partial charge in [0.15, 0.2) is 22.5 Å². The minimum Gasteiger partial charge on any atom is -0.494 e. The highest BCUT2D eigenvalue weighted by Crippen LogP contribution is 2.30. The maximum atomic E-state index is 12.7. The van der Waals surface area contributed by atoms with Gasteiger partial charge in [0.1, 0.15) is 12.4 Å². The fraction of sp³-hybridized carbons (Fsp3) is 0.152. The van der Waals surface area contributed by atoms with Gasteiger partial charge in [-0.15, -0.1) is 10.2 Å². The summed E-state index contributed by atoms with van der Waals surface area (Å²) in [6.45, 7) is 2.93. The lowest BCUT2D eigenvalue weighted by atomic mass is 10.2. The van der Waals surface area contributed by atoms with E-state index in [0.717, 1.165) is 28.1 Å². The molecule has 0 spiro atoms. The maximum absolute atomic E-state index is 12.7. The highest BCUT2D eigenvalue weighted by atomic mass is 32.2. The largest absolute Gasteiger partial charge is 0.494 e. The molecule has 218 valence electrons. The molecule has 0 saturated carbocycles. The Labute approximate surface area is 254 Å². The summed E-state index contributed by atoms with van der Waals surface area (Å²) in [5, 5.41) is 13.5. The van der Waals surface area contributed by atoms with Crippen LogP contribution in [0.25, 0.3) is 17.1 Å². The Balaban J connectivity index is 1.24. The Morgan fingerprint density at radius 1 is 0.907 bits per heavy atom. The summed E-state index contributed by atoms with van der Waals surface area (Å²) in [7, 11) is 1.59. The minimum atomic E-state index is -0.280. The molecule has 9 nitrogen and oxygen atoms in total. The van der Waals surface area contributed by atoms with Gasteiger partial charge in [-0.2, -0.15) is 5.10 Å². The van der Waals surface area contributed by atoms with Crippen LogP contribution < -0.4 is 19.6 Å². The van der Waals surface area contributed by atoms with E-state index >= 15 is 0 Å². The average molecular weight is 594 g/mol. The van der Waals surface area contributed by atoms with Crippen LogP contribution in [0.3, 0.4) is 0 Å². The van der Waals surface area contributed by atoms with Crippen molar-refractivity contribution in [3.05, 3.63) is 114 Å². The number of hydrogen-bond donors (Lipinski definition) is 1. The van der Waals surface area contributed by atoms with Crippen LogP contribution >= 0.6 is 11.8 Å². The van der Waals surface area contributed by atoms with Gasteiger partial charge in [0.25, 0.3) is 5.91 Å². The predicted molar refractivity (Wildman–Crippen MR) is 168 cm³/mol. The van der Waals surface area contributed by atoms with E-state index < -0.39 is 0 Å².